The van der Waals surface area contributed by atoms with Crippen molar-refractivity contribution in [2.45, 2.75) is 19.3 Å². The quantitative estimate of drug-likeness (QED) is 0.673. The van der Waals surface area contributed by atoms with Gasteiger partial charge in [0.15, 0.2) is 5.43 Å². The molecule has 0 saturated carbocycles. The molecule has 0 bridgehead atoms. The predicted molar refractivity (Wildman–Crippen MR) is 78.5 cm³/mol. The van der Waals surface area contributed by atoms with E-state index in [1.54, 1.807) is 12.3 Å². The van der Waals surface area contributed by atoms with Crippen LogP contribution in [0, 0.1) is 0 Å². The van der Waals surface area contributed by atoms with Gasteiger partial charge in [-0.1, -0.05) is 12.1 Å². The summed E-state index contributed by atoms with van der Waals surface area (Å²) < 4.78 is 31.8. The minimum absolute atomic E-state index is 0.00874. The van der Waals surface area contributed by atoms with E-state index in [0.29, 0.717) is 30.2 Å². The molecule has 1 heterocycles. The summed E-state index contributed by atoms with van der Waals surface area (Å²) in [6, 6.07) is 7.39. The van der Waals surface area contributed by atoms with Gasteiger partial charge in [0, 0.05) is 24.2 Å². The first-order valence-electron chi connectivity index (χ1n) is 6.41. The molecule has 5 nitrogen and oxygen atoms in total. The van der Waals surface area contributed by atoms with Crippen LogP contribution in [-0.2, 0) is 23.6 Å². The zero-order valence-corrected chi connectivity index (χ0v) is 12.1. The maximum atomic E-state index is 12.3. The van der Waals surface area contributed by atoms with E-state index in [2.05, 4.69) is 0 Å². The van der Waals surface area contributed by atoms with Crippen LogP contribution in [0.25, 0.3) is 10.9 Å². The highest BCUT2D eigenvalue weighted by Gasteiger charge is 2.08. The van der Waals surface area contributed by atoms with Crippen LogP contribution >= 0.6 is 0 Å². The molecule has 108 valence electrons. The SMILES string of the molecule is Cn1cc(CCCCS(=O)(=O)O)c(=O)c2ccccc21. The van der Waals surface area contributed by atoms with Crippen molar-refractivity contribution in [3.8, 4) is 0 Å². The molecule has 2 rings (SSSR count). The molecule has 0 fully saturated rings. The van der Waals surface area contributed by atoms with Gasteiger partial charge in [0.1, 0.15) is 0 Å². The fourth-order valence-electron chi connectivity index (χ4n) is 2.29. The van der Waals surface area contributed by atoms with Crippen molar-refractivity contribution in [1.29, 1.82) is 0 Å². The average molecular weight is 295 g/mol. The lowest BCUT2D eigenvalue weighted by molar-refractivity contribution is 0.480. The molecule has 0 aliphatic heterocycles. The summed E-state index contributed by atoms with van der Waals surface area (Å²) >= 11 is 0. The third kappa shape index (κ3) is 3.46. The second-order valence-electron chi connectivity index (χ2n) is 4.85. The molecule has 2 aromatic rings. The smallest absolute Gasteiger partial charge is 0.264 e. The van der Waals surface area contributed by atoms with Crippen LogP contribution in [0.4, 0.5) is 0 Å². The Kier molecular flexibility index (Phi) is 4.25. The molecular weight excluding hydrogens is 278 g/mol. The number of para-hydroxylation sites is 1. The maximum Gasteiger partial charge on any atom is 0.264 e. The summed E-state index contributed by atoms with van der Waals surface area (Å²) in [4.78, 5) is 12.3. The fraction of sp³-hybridized carbons (Fsp3) is 0.357. The van der Waals surface area contributed by atoms with Gasteiger partial charge in [0.05, 0.1) is 11.3 Å². The molecule has 0 amide bonds. The molecule has 1 N–H and O–H groups in total. The van der Waals surface area contributed by atoms with Gasteiger partial charge in [-0.05, 0) is 31.4 Å². The number of hydrogen-bond donors (Lipinski definition) is 1. The maximum absolute atomic E-state index is 12.3. The number of unbranched alkanes of at least 4 members (excludes halogenated alkanes) is 1. The van der Waals surface area contributed by atoms with Crippen LogP contribution < -0.4 is 5.43 Å². The summed E-state index contributed by atoms with van der Waals surface area (Å²) in [5.41, 5.74) is 1.53. The van der Waals surface area contributed by atoms with E-state index < -0.39 is 10.1 Å². The monoisotopic (exact) mass is 295 g/mol. The fourth-order valence-corrected chi connectivity index (χ4v) is 2.86. The predicted octanol–water partition coefficient (Wildman–Crippen LogP) is 1.75. The molecule has 0 radical (unpaired) electrons. The highest BCUT2D eigenvalue weighted by atomic mass is 32.2. The number of pyridine rings is 1. The van der Waals surface area contributed by atoms with Gasteiger partial charge >= 0.3 is 0 Å². The van der Waals surface area contributed by atoms with Crippen LogP contribution in [-0.4, -0.2) is 23.3 Å². The Labute approximate surface area is 117 Å². The zero-order valence-electron chi connectivity index (χ0n) is 11.2. The lowest BCUT2D eigenvalue weighted by atomic mass is 10.1. The Hall–Kier alpha value is -1.66. The van der Waals surface area contributed by atoms with Crippen molar-refractivity contribution in [2.24, 2.45) is 7.05 Å². The topological polar surface area (TPSA) is 76.4 Å². The minimum atomic E-state index is -3.91. The molecule has 0 saturated heterocycles. The van der Waals surface area contributed by atoms with Gasteiger partial charge in [-0.15, -0.1) is 0 Å². The summed E-state index contributed by atoms with van der Waals surface area (Å²) in [7, 11) is -2.04. The molecule has 1 aromatic heterocycles. The van der Waals surface area contributed by atoms with Crippen LogP contribution in [0.15, 0.2) is 35.3 Å². The lowest BCUT2D eigenvalue weighted by Gasteiger charge is -2.08. The summed E-state index contributed by atoms with van der Waals surface area (Å²) in [5, 5.41) is 0.669. The van der Waals surface area contributed by atoms with E-state index in [0.717, 1.165) is 5.52 Å². The first kappa shape index (κ1) is 14.7. The van der Waals surface area contributed by atoms with Crippen LogP contribution in [0.2, 0.25) is 0 Å². The third-order valence-electron chi connectivity index (χ3n) is 3.27. The molecule has 0 aliphatic rings. The van der Waals surface area contributed by atoms with Gasteiger partial charge in [0.25, 0.3) is 10.1 Å². The lowest BCUT2D eigenvalue weighted by Crippen LogP contribution is -2.14. The Morgan fingerprint density at radius 3 is 2.60 bits per heavy atom. The van der Waals surface area contributed by atoms with Crippen molar-refractivity contribution in [3.63, 3.8) is 0 Å². The summed E-state index contributed by atoms with van der Waals surface area (Å²) in [6.45, 7) is 0. The molecule has 0 unspecified atom stereocenters. The van der Waals surface area contributed by atoms with Crippen LogP contribution in [0.3, 0.4) is 0 Å². The van der Waals surface area contributed by atoms with E-state index in [9.17, 15) is 13.2 Å². The summed E-state index contributed by atoms with van der Waals surface area (Å²) in [6.07, 6.45) is 3.19. The number of aryl methyl sites for hydroxylation is 2. The van der Waals surface area contributed by atoms with E-state index in [-0.39, 0.29) is 11.2 Å². The van der Waals surface area contributed by atoms with Crippen LogP contribution in [0.5, 0.6) is 0 Å². The molecule has 20 heavy (non-hydrogen) atoms. The molecule has 1 aromatic carbocycles. The van der Waals surface area contributed by atoms with Crippen molar-refractivity contribution in [1.82, 2.24) is 4.57 Å². The Morgan fingerprint density at radius 1 is 1.20 bits per heavy atom. The Balaban J connectivity index is 2.19. The molecule has 6 heteroatoms. The number of aromatic nitrogens is 1. The van der Waals surface area contributed by atoms with Gasteiger partial charge in [-0.2, -0.15) is 8.42 Å². The molecule has 0 atom stereocenters. The standard InChI is InChI=1S/C14H17NO4S/c1-15-10-11(6-4-5-9-20(17,18)19)14(16)12-7-2-3-8-13(12)15/h2-3,7-8,10H,4-6,9H2,1H3,(H,17,18,19). The molecule has 0 aliphatic carbocycles. The largest absolute Gasteiger partial charge is 0.350 e. The second kappa shape index (κ2) is 5.76. The van der Waals surface area contributed by atoms with Crippen molar-refractivity contribution < 1.29 is 13.0 Å². The number of hydrogen-bond acceptors (Lipinski definition) is 3. The summed E-state index contributed by atoms with van der Waals surface area (Å²) in [5.74, 6) is -0.263. The Morgan fingerprint density at radius 2 is 1.90 bits per heavy atom. The molecule has 0 spiro atoms. The van der Waals surface area contributed by atoms with E-state index in [1.807, 2.05) is 29.8 Å². The minimum Gasteiger partial charge on any atom is -0.350 e. The second-order valence-corrected chi connectivity index (χ2v) is 6.43. The van der Waals surface area contributed by atoms with Gasteiger partial charge in [0.2, 0.25) is 0 Å². The number of nitrogens with zero attached hydrogens (tertiary/aromatic N) is 1. The van der Waals surface area contributed by atoms with Crippen molar-refractivity contribution >= 4 is 21.0 Å². The first-order valence-corrected chi connectivity index (χ1v) is 8.02. The zero-order chi connectivity index (χ0) is 14.8. The highest BCUT2D eigenvalue weighted by Crippen LogP contribution is 2.11. The number of rotatable bonds is 5. The van der Waals surface area contributed by atoms with Crippen molar-refractivity contribution in [3.05, 3.63) is 46.2 Å². The Bertz CT molecular complexity index is 777. The number of fused-ring (bicyclic) bond motifs is 1. The van der Waals surface area contributed by atoms with Gasteiger partial charge in [-0.3, -0.25) is 9.35 Å². The highest BCUT2D eigenvalue weighted by molar-refractivity contribution is 7.85. The normalized spacial score (nSPS) is 11.9. The molecular formula is C14H17NO4S. The average Bonchev–Trinajstić information content (AvgIpc) is 2.39. The van der Waals surface area contributed by atoms with E-state index >= 15 is 0 Å². The number of benzene rings is 1. The van der Waals surface area contributed by atoms with Crippen LogP contribution in [0.1, 0.15) is 18.4 Å². The van der Waals surface area contributed by atoms with Crippen molar-refractivity contribution in [2.75, 3.05) is 5.75 Å². The van der Waals surface area contributed by atoms with E-state index in [1.165, 1.54) is 0 Å². The first-order chi connectivity index (χ1) is 9.38. The third-order valence-corrected chi connectivity index (χ3v) is 4.07. The van der Waals surface area contributed by atoms with E-state index in [4.69, 9.17) is 4.55 Å². The van der Waals surface area contributed by atoms with Gasteiger partial charge < -0.3 is 4.57 Å². The van der Waals surface area contributed by atoms with Gasteiger partial charge in [-0.25, -0.2) is 0 Å².